The molecule has 2 rings (SSSR count). The highest BCUT2D eigenvalue weighted by molar-refractivity contribution is 7.16. The van der Waals surface area contributed by atoms with Crippen LogP contribution in [0.4, 0.5) is 5.13 Å². The van der Waals surface area contributed by atoms with Crippen molar-refractivity contribution < 1.29 is 4.79 Å². The van der Waals surface area contributed by atoms with Gasteiger partial charge in [-0.1, -0.05) is 18.3 Å². The number of hydrogen-bond acceptors (Lipinski definition) is 5. The molecule has 0 aliphatic heterocycles. The van der Waals surface area contributed by atoms with Gasteiger partial charge in [0, 0.05) is 6.54 Å². The summed E-state index contributed by atoms with van der Waals surface area (Å²) in [5.41, 5.74) is 5.75. The van der Waals surface area contributed by atoms with E-state index in [9.17, 15) is 4.79 Å². The highest BCUT2D eigenvalue weighted by Crippen LogP contribution is 2.47. The Labute approximate surface area is 92.1 Å². The molecule has 3 N–H and O–H groups in total. The molecular formula is C9H14N4OS. The molecule has 0 atom stereocenters. The van der Waals surface area contributed by atoms with Gasteiger partial charge in [-0.05, 0) is 24.7 Å². The van der Waals surface area contributed by atoms with E-state index in [1.165, 1.54) is 12.8 Å². The number of nitrogens with one attached hydrogen (secondary N) is 1. The predicted octanol–water partition coefficient (Wildman–Crippen LogP) is 1.04. The van der Waals surface area contributed by atoms with Crippen LogP contribution >= 0.6 is 11.3 Å². The molecule has 0 bridgehead atoms. The maximum atomic E-state index is 11.6. The average molecular weight is 226 g/mol. The molecular weight excluding hydrogens is 212 g/mol. The fourth-order valence-electron chi connectivity index (χ4n) is 1.50. The van der Waals surface area contributed by atoms with E-state index in [2.05, 4.69) is 22.4 Å². The summed E-state index contributed by atoms with van der Waals surface area (Å²) < 4.78 is 0. The Morgan fingerprint density at radius 2 is 2.33 bits per heavy atom. The van der Waals surface area contributed by atoms with E-state index in [4.69, 9.17) is 5.73 Å². The third kappa shape index (κ3) is 2.26. The molecule has 0 spiro atoms. The number of amides is 1. The van der Waals surface area contributed by atoms with Crippen molar-refractivity contribution in [3.8, 4) is 0 Å². The summed E-state index contributed by atoms with van der Waals surface area (Å²) in [6, 6.07) is 0. The van der Waals surface area contributed by atoms with Crippen LogP contribution in [0.15, 0.2) is 0 Å². The lowest BCUT2D eigenvalue weighted by Gasteiger charge is -2.11. The number of nitrogens with zero attached hydrogens (tertiary/aromatic N) is 2. The number of hydrogen-bond donors (Lipinski definition) is 2. The standard InChI is InChI=1S/C9H14N4OS/c1-2-9(3-4-9)5-11-6(14)7-12-13-8(10)15-7/h2-5H2,1H3,(H2,10,13)(H,11,14). The van der Waals surface area contributed by atoms with E-state index in [0.29, 0.717) is 15.6 Å². The second kappa shape index (κ2) is 3.77. The van der Waals surface area contributed by atoms with E-state index in [1.54, 1.807) is 0 Å². The number of rotatable bonds is 4. The first-order valence-electron chi connectivity index (χ1n) is 5.02. The van der Waals surface area contributed by atoms with Crippen LogP contribution in [0.25, 0.3) is 0 Å². The third-order valence-corrected chi connectivity index (χ3v) is 3.72. The molecule has 1 heterocycles. The number of nitrogens with two attached hydrogens (primary N) is 1. The number of nitrogen functional groups attached to an aromatic ring is 1. The van der Waals surface area contributed by atoms with Crippen LogP contribution in [0.1, 0.15) is 36.0 Å². The zero-order valence-corrected chi connectivity index (χ0v) is 9.43. The van der Waals surface area contributed by atoms with Gasteiger partial charge in [-0.2, -0.15) is 0 Å². The zero-order chi connectivity index (χ0) is 10.9. The van der Waals surface area contributed by atoms with E-state index >= 15 is 0 Å². The van der Waals surface area contributed by atoms with Gasteiger partial charge in [0.2, 0.25) is 10.1 Å². The molecule has 1 amide bonds. The largest absolute Gasteiger partial charge is 0.374 e. The van der Waals surface area contributed by atoms with Crippen molar-refractivity contribution in [3.05, 3.63) is 5.01 Å². The number of carbonyl (C=O) groups excluding carboxylic acids is 1. The first kappa shape index (κ1) is 10.4. The summed E-state index contributed by atoms with van der Waals surface area (Å²) in [5, 5.41) is 10.9. The van der Waals surface area contributed by atoms with E-state index < -0.39 is 0 Å². The smallest absolute Gasteiger partial charge is 0.282 e. The highest BCUT2D eigenvalue weighted by Gasteiger charge is 2.40. The second-order valence-corrected chi connectivity index (χ2v) is 4.99. The van der Waals surface area contributed by atoms with Gasteiger partial charge in [0.15, 0.2) is 0 Å². The van der Waals surface area contributed by atoms with Crippen LogP contribution in [0.5, 0.6) is 0 Å². The van der Waals surface area contributed by atoms with E-state index in [1.807, 2.05) is 0 Å². The Hall–Kier alpha value is -1.17. The Morgan fingerprint density at radius 3 is 2.80 bits per heavy atom. The molecule has 82 valence electrons. The zero-order valence-electron chi connectivity index (χ0n) is 8.62. The van der Waals surface area contributed by atoms with Gasteiger partial charge in [0.25, 0.3) is 5.91 Å². The maximum absolute atomic E-state index is 11.6. The lowest BCUT2D eigenvalue weighted by molar-refractivity contribution is 0.0943. The molecule has 6 heteroatoms. The lowest BCUT2D eigenvalue weighted by Crippen LogP contribution is -2.29. The molecule has 0 radical (unpaired) electrons. The molecule has 1 aromatic rings. The Morgan fingerprint density at radius 1 is 1.60 bits per heavy atom. The molecule has 1 saturated carbocycles. The normalized spacial score (nSPS) is 17.4. The minimum atomic E-state index is -0.163. The van der Waals surface area contributed by atoms with Crippen molar-refractivity contribution in [1.82, 2.24) is 15.5 Å². The summed E-state index contributed by atoms with van der Waals surface area (Å²) in [6.07, 6.45) is 3.54. The van der Waals surface area contributed by atoms with Crippen LogP contribution in [-0.2, 0) is 0 Å². The quantitative estimate of drug-likeness (QED) is 0.803. The van der Waals surface area contributed by atoms with Crippen molar-refractivity contribution in [1.29, 1.82) is 0 Å². The van der Waals surface area contributed by atoms with Gasteiger partial charge in [0.05, 0.1) is 0 Å². The van der Waals surface area contributed by atoms with Crippen molar-refractivity contribution in [2.45, 2.75) is 26.2 Å². The molecule has 1 aliphatic carbocycles. The molecule has 0 saturated heterocycles. The van der Waals surface area contributed by atoms with Crippen molar-refractivity contribution in [2.75, 3.05) is 12.3 Å². The number of anilines is 1. The summed E-state index contributed by atoms with van der Waals surface area (Å²) in [6.45, 7) is 2.89. The minimum absolute atomic E-state index is 0.163. The van der Waals surface area contributed by atoms with Gasteiger partial charge < -0.3 is 11.1 Å². The molecule has 5 nitrogen and oxygen atoms in total. The Bertz CT molecular complexity index is 372. The molecule has 1 aromatic heterocycles. The minimum Gasteiger partial charge on any atom is -0.374 e. The van der Waals surface area contributed by atoms with Crippen molar-refractivity contribution in [3.63, 3.8) is 0 Å². The SMILES string of the molecule is CCC1(CNC(=O)c2nnc(N)s2)CC1. The lowest BCUT2D eigenvalue weighted by atomic mass is 10.0. The van der Waals surface area contributed by atoms with Crippen LogP contribution in [0.3, 0.4) is 0 Å². The summed E-state index contributed by atoms with van der Waals surface area (Å²) in [4.78, 5) is 11.6. The van der Waals surface area contributed by atoms with Crippen LogP contribution < -0.4 is 11.1 Å². The highest BCUT2D eigenvalue weighted by atomic mass is 32.1. The average Bonchev–Trinajstić information content (AvgIpc) is 2.90. The Balaban J connectivity index is 1.88. The topological polar surface area (TPSA) is 80.9 Å². The summed E-state index contributed by atoms with van der Waals surface area (Å²) >= 11 is 1.12. The van der Waals surface area contributed by atoms with Gasteiger partial charge in [-0.15, -0.1) is 10.2 Å². The fraction of sp³-hybridized carbons (Fsp3) is 0.667. The molecule has 15 heavy (non-hydrogen) atoms. The van der Waals surface area contributed by atoms with E-state index in [0.717, 1.165) is 24.3 Å². The fourth-order valence-corrected chi connectivity index (χ4v) is 2.03. The third-order valence-electron chi connectivity index (χ3n) is 2.97. The summed E-state index contributed by atoms with van der Waals surface area (Å²) in [5.74, 6) is -0.163. The molecule has 1 aliphatic rings. The monoisotopic (exact) mass is 226 g/mol. The summed E-state index contributed by atoms with van der Waals surface area (Å²) in [7, 11) is 0. The van der Waals surface area contributed by atoms with Crippen molar-refractivity contribution >= 4 is 22.4 Å². The maximum Gasteiger partial charge on any atom is 0.282 e. The van der Waals surface area contributed by atoms with Gasteiger partial charge >= 0.3 is 0 Å². The predicted molar refractivity (Wildman–Crippen MR) is 58.6 cm³/mol. The van der Waals surface area contributed by atoms with Gasteiger partial charge in [-0.3, -0.25) is 4.79 Å². The van der Waals surface area contributed by atoms with E-state index in [-0.39, 0.29) is 5.91 Å². The molecule has 1 fully saturated rings. The molecule has 0 aromatic carbocycles. The first-order chi connectivity index (χ1) is 7.15. The van der Waals surface area contributed by atoms with Crippen LogP contribution in [0.2, 0.25) is 0 Å². The number of aromatic nitrogens is 2. The van der Waals surface area contributed by atoms with Crippen molar-refractivity contribution in [2.24, 2.45) is 5.41 Å². The van der Waals surface area contributed by atoms with Crippen LogP contribution in [-0.4, -0.2) is 22.6 Å². The van der Waals surface area contributed by atoms with Crippen LogP contribution in [0, 0.1) is 5.41 Å². The second-order valence-electron chi connectivity index (χ2n) is 3.98. The van der Waals surface area contributed by atoms with Gasteiger partial charge in [0.1, 0.15) is 0 Å². The molecule has 0 unspecified atom stereocenters. The number of carbonyl (C=O) groups is 1. The first-order valence-corrected chi connectivity index (χ1v) is 5.84. The Kier molecular flexibility index (Phi) is 2.60. The van der Waals surface area contributed by atoms with Gasteiger partial charge in [-0.25, -0.2) is 0 Å².